The molecule has 0 unspecified atom stereocenters. The molecule has 1 aliphatic carbocycles. The fourth-order valence-electron chi connectivity index (χ4n) is 3.54. The van der Waals surface area contributed by atoms with Gasteiger partial charge in [0.25, 0.3) is 5.91 Å². The van der Waals surface area contributed by atoms with Crippen molar-refractivity contribution in [3.05, 3.63) is 59.9 Å². The molecule has 27 heavy (non-hydrogen) atoms. The number of pyridine rings is 1. The molecule has 1 saturated carbocycles. The Balaban J connectivity index is 1.55. The topological polar surface area (TPSA) is 79.4 Å². The fourth-order valence-corrected chi connectivity index (χ4v) is 4.70. The van der Waals surface area contributed by atoms with Gasteiger partial charge in [-0.15, -0.1) is 0 Å². The Labute approximate surface area is 159 Å². The summed E-state index contributed by atoms with van der Waals surface area (Å²) in [6.07, 6.45) is 7.44. The standard InChI is InChI=1S/C20H23N3O3S/c24-20(23-12-2-5-19(23)16-8-10-21-11-9-16)17-3-1-4-18(13-17)27(25,26)22-14-15-6-7-15/h1,3-4,8-11,13,15,19,22H,2,5-7,12,14H2/t19-/m1/s1. The first-order valence-electron chi connectivity index (χ1n) is 9.35. The highest BCUT2D eigenvalue weighted by Crippen LogP contribution is 2.33. The number of benzene rings is 1. The molecule has 142 valence electrons. The lowest BCUT2D eigenvalue weighted by Crippen LogP contribution is -2.31. The molecule has 2 heterocycles. The number of likely N-dealkylation sites (tertiary alicyclic amines) is 1. The molecule has 1 aromatic heterocycles. The van der Waals surface area contributed by atoms with E-state index in [1.54, 1.807) is 24.5 Å². The number of nitrogens with zero attached hydrogens (tertiary/aromatic N) is 2. The first-order chi connectivity index (χ1) is 13.0. The van der Waals surface area contributed by atoms with Crippen molar-refractivity contribution >= 4 is 15.9 Å². The molecule has 1 aliphatic heterocycles. The summed E-state index contributed by atoms with van der Waals surface area (Å²) in [6.45, 7) is 1.14. The lowest BCUT2D eigenvalue weighted by Gasteiger charge is -2.25. The summed E-state index contributed by atoms with van der Waals surface area (Å²) in [6, 6.07) is 10.2. The van der Waals surface area contributed by atoms with Crippen LogP contribution in [0, 0.1) is 5.92 Å². The Morgan fingerprint density at radius 2 is 1.93 bits per heavy atom. The van der Waals surface area contributed by atoms with Crippen molar-refractivity contribution in [3.63, 3.8) is 0 Å². The first kappa shape index (κ1) is 18.1. The molecule has 1 aromatic carbocycles. The number of hydrogen-bond donors (Lipinski definition) is 1. The Kier molecular flexibility index (Phi) is 4.97. The zero-order chi connectivity index (χ0) is 18.9. The van der Waals surface area contributed by atoms with E-state index in [1.165, 1.54) is 12.1 Å². The normalized spacial score (nSPS) is 20.0. The minimum Gasteiger partial charge on any atom is -0.332 e. The first-order valence-corrected chi connectivity index (χ1v) is 10.8. The van der Waals surface area contributed by atoms with E-state index >= 15 is 0 Å². The number of aromatic nitrogens is 1. The summed E-state index contributed by atoms with van der Waals surface area (Å²) in [5.41, 5.74) is 1.47. The van der Waals surface area contributed by atoms with Gasteiger partial charge in [-0.1, -0.05) is 6.07 Å². The summed E-state index contributed by atoms with van der Waals surface area (Å²) >= 11 is 0. The number of rotatable bonds is 6. The van der Waals surface area contributed by atoms with Gasteiger partial charge in [-0.2, -0.15) is 0 Å². The summed E-state index contributed by atoms with van der Waals surface area (Å²) in [4.78, 5) is 19.1. The highest BCUT2D eigenvalue weighted by Gasteiger charge is 2.31. The van der Waals surface area contributed by atoms with Crippen LogP contribution in [0.5, 0.6) is 0 Å². The SMILES string of the molecule is O=C(c1cccc(S(=O)(=O)NCC2CC2)c1)N1CCC[C@@H]1c1ccncc1. The quantitative estimate of drug-likeness (QED) is 0.829. The van der Waals surface area contributed by atoms with Gasteiger partial charge in [-0.05, 0) is 67.5 Å². The molecule has 1 N–H and O–H groups in total. The largest absolute Gasteiger partial charge is 0.332 e. The molecular formula is C20H23N3O3S. The zero-order valence-electron chi connectivity index (χ0n) is 15.0. The molecule has 1 saturated heterocycles. The van der Waals surface area contributed by atoms with Crippen molar-refractivity contribution in [2.45, 2.75) is 36.6 Å². The molecular weight excluding hydrogens is 362 g/mol. The maximum absolute atomic E-state index is 13.1. The van der Waals surface area contributed by atoms with Crippen LogP contribution < -0.4 is 4.72 Å². The van der Waals surface area contributed by atoms with Crippen LogP contribution in [0.2, 0.25) is 0 Å². The smallest absolute Gasteiger partial charge is 0.254 e. The highest BCUT2D eigenvalue weighted by atomic mass is 32.2. The third-order valence-corrected chi connectivity index (χ3v) is 6.68. The summed E-state index contributed by atoms with van der Waals surface area (Å²) in [5, 5.41) is 0. The minimum atomic E-state index is -3.59. The average molecular weight is 385 g/mol. The maximum atomic E-state index is 13.1. The molecule has 0 radical (unpaired) electrons. The Bertz CT molecular complexity index is 926. The molecule has 6 nitrogen and oxygen atoms in total. The van der Waals surface area contributed by atoms with Gasteiger partial charge in [0.2, 0.25) is 10.0 Å². The summed E-state index contributed by atoms with van der Waals surface area (Å²) in [5.74, 6) is 0.323. The Morgan fingerprint density at radius 1 is 1.15 bits per heavy atom. The van der Waals surface area contributed by atoms with Crippen molar-refractivity contribution in [2.75, 3.05) is 13.1 Å². The van der Waals surface area contributed by atoms with Crippen molar-refractivity contribution in [2.24, 2.45) is 5.92 Å². The van der Waals surface area contributed by atoms with Crippen molar-refractivity contribution in [3.8, 4) is 0 Å². The van der Waals surface area contributed by atoms with Crippen LogP contribution in [0.15, 0.2) is 53.7 Å². The van der Waals surface area contributed by atoms with E-state index in [2.05, 4.69) is 9.71 Å². The highest BCUT2D eigenvalue weighted by molar-refractivity contribution is 7.89. The molecule has 2 aliphatic rings. The summed E-state index contributed by atoms with van der Waals surface area (Å²) < 4.78 is 27.7. The molecule has 0 bridgehead atoms. The van der Waals surface area contributed by atoms with Gasteiger partial charge in [-0.3, -0.25) is 9.78 Å². The van der Waals surface area contributed by atoms with Gasteiger partial charge < -0.3 is 4.90 Å². The predicted molar refractivity (Wildman–Crippen MR) is 102 cm³/mol. The number of hydrogen-bond acceptors (Lipinski definition) is 4. The number of amides is 1. The van der Waals surface area contributed by atoms with Gasteiger partial charge in [0, 0.05) is 31.0 Å². The van der Waals surface area contributed by atoms with Crippen LogP contribution in [0.25, 0.3) is 0 Å². The predicted octanol–water partition coefficient (Wildman–Crippen LogP) is 2.75. The molecule has 1 atom stereocenters. The van der Waals surface area contributed by atoms with Gasteiger partial charge in [0.15, 0.2) is 0 Å². The van der Waals surface area contributed by atoms with Crippen LogP contribution in [-0.4, -0.2) is 37.3 Å². The van der Waals surface area contributed by atoms with Crippen LogP contribution in [0.3, 0.4) is 0 Å². The van der Waals surface area contributed by atoms with Crippen LogP contribution in [0.4, 0.5) is 0 Å². The molecule has 0 spiro atoms. The fraction of sp³-hybridized carbons (Fsp3) is 0.400. The molecule has 4 rings (SSSR count). The number of sulfonamides is 1. The van der Waals surface area contributed by atoms with Crippen molar-refractivity contribution in [1.82, 2.24) is 14.6 Å². The van der Waals surface area contributed by atoms with E-state index in [0.29, 0.717) is 24.6 Å². The van der Waals surface area contributed by atoms with Crippen LogP contribution in [0.1, 0.15) is 47.6 Å². The summed E-state index contributed by atoms with van der Waals surface area (Å²) in [7, 11) is -3.59. The van der Waals surface area contributed by atoms with E-state index in [4.69, 9.17) is 0 Å². The second-order valence-electron chi connectivity index (χ2n) is 7.26. The van der Waals surface area contributed by atoms with Crippen LogP contribution in [-0.2, 0) is 10.0 Å². The third kappa shape index (κ3) is 4.04. The van der Waals surface area contributed by atoms with Crippen molar-refractivity contribution in [1.29, 1.82) is 0 Å². The second kappa shape index (κ2) is 7.40. The maximum Gasteiger partial charge on any atom is 0.254 e. The average Bonchev–Trinajstić information content (AvgIpc) is 3.41. The molecule has 7 heteroatoms. The van der Waals surface area contributed by atoms with E-state index in [0.717, 1.165) is 31.2 Å². The Morgan fingerprint density at radius 3 is 2.67 bits per heavy atom. The molecule has 2 fully saturated rings. The lowest BCUT2D eigenvalue weighted by atomic mass is 10.1. The van der Waals surface area contributed by atoms with Gasteiger partial charge in [-0.25, -0.2) is 13.1 Å². The van der Waals surface area contributed by atoms with Gasteiger partial charge in [0.05, 0.1) is 10.9 Å². The van der Waals surface area contributed by atoms with E-state index in [1.807, 2.05) is 17.0 Å². The van der Waals surface area contributed by atoms with Crippen molar-refractivity contribution < 1.29 is 13.2 Å². The van der Waals surface area contributed by atoms with E-state index in [9.17, 15) is 13.2 Å². The van der Waals surface area contributed by atoms with Gasteiger partial charge in [0.1, 0.15) is 0 Å². The lowest BCUT2D eigenvalue weighted by molar-refractivity contribution is 0.0735. The van der Waals surface area contributed by atoms with E-state index < -0.39 is 10.0 Å². The number of nitrogens with one attached hydrogen (secondary N) is 1. The minimum absolute atomic E-state index is 0.00811. The zero-order valence-corrected chi connectivity index (χ0v) is 15.9. The van der Waals surface area contributed by atoms with Gasteiger partial charge >= 0.3 is 0 Å². The Hall–Kier alpha value is -2.25. The van der Waals surface area contributed by atoms with Crippen LogP contribution >= 0.6 is 0 Å². The molecule has 2 aromatic rings. The monoisotopic (exact) mass is 385 g/mol. The third-order valence-electron chi connectivity index (χ3n) is 5.25. The molecule has 1 amide bonds. The van der Waals surface area contributed by atoms with E-state index in [-0.39, 0.29) is 16.8 Å². The second-order valence-corrected chi connectivity index (χ2v) is 9.03. The number of carbonyl (C=O) groups excluding carboxylic acids is 1. The number of carbonyl (C=O) groups is 1.